The van der Waals surface area contributed by atoms with Crippen molar-refractivity contribution in [2.75, 3.05) is 19.6 Å². The van der Waals surface area contributed by atoms with Crippen LogP contribution in [-0.2, 0) is 6.54 Å². The van der Waals surface area contributed by atoms with Crippen LogP contribution in [0.2, 0.25) is 0 Å². The Kier molecular flexibility index (Phi) is 3.99. The Morgan fingerprint density at radius 3 is 2.95 bits per heavy atom. The molecule has 3 nitrogen and oxygen atoms in total. The first-order valence-corrected chi connectivity index (χ1v) is 7.58. The summed E-state index contributed by atoms with van der Waals surface area (Å²) in [6.45, 7) is 8.74. The van der Waals surface area contributed by atoms with Crippen molar-refractivity contribution in [2.24, 2.45) is 0 Å². The van der Waals surface area contributed by atoms with Crippen LogP contribution in [0.1, 0.15) is 24.6 Å². The highest BCUT2D eigenvalue weighted by molar-refractivity contribution is 5.82. The van der Waals surface area contributed by atoms with Crippen LogP contribution in [0.15, 0.2) is 30.3 Å². The van der Waals surface area contributed by atoms with Gasteiger partial charge in [-0.3, -0.25) is 9.88 Å². The van der Waals surface area contributed by atoms with Crippen molar-refractivity contribution in [1.29, 1.82) is 0 Å². The lowest BCUT2D eigenvalue weighted by molar-refractivity contribution is 0.211. The van der Waals surface area contributed by atoms with Gasteiger partial charge in [-0.05, 0) is 44.1 Å². The highest BCUT2D eigenvalue weighted by Gasteiger charge is 2.21. The lowest BCUT2D eigenvalue weighted by atomic mass is 10.1. The van der Waals surface area contributed by atoms with E-state index < -0.39 is 0 Å². The van der Waals surface area contributed by atoms with Crippen molar-refractivity contribution >= 4 is 10.9 Å². The normalized spacial score (nSPS) is 19.1. The van der Waals surface area contributed by atoms with E-state index in [2.05, 4.69) is 59.4 Å². The molecule has 0 spiro atoms. The zero-order valence-electron chi connectivity index (χ0n) is 12.4. The molecular weight excluding hydrogens is 246 g/mol. The van der Waals surface area contributed by atoms with E-state index in [0.717, 1.165) is 37.4 Å². The molecule has 1 fully saturated rings. The first kappa shape index (κ1) is 13.5. The zero-order chi connectivity index (χ0) is 13.9. The van der Waals surface area contributed by atoms with E-state index in [1.165, 1.54) is 17.4 Å². The summed E-state index contributed by atoms with van der Waals surface area (Å²) in [7, 11) is 0. The maximum absolute atomic E-state index is 4.64. The van der Waals surface area contributed by atoms with Gasteiger partial charge in [-0.15, -0.1) is 0 Å². The third kappa shape index (κ3) is 2.69. The Labute approximate surface area is 121 Å². The number of rotatable bonds is 4. The fourth-order valence-corrected chi connectivity index (χ4v) is 3.19. The van der Waals surface area contributed by atoms with Crippen LogP contribution in [-0.4, -0.2) is 35.6 Å². The van der Waals surface area contributed by atoms with E-state index in [9.17, 15) is 0 Å². The van der Waals surface area contributed by atoms with Crippen LogP contribution in [0.5, 0.6) is 0 Å². The second kappa shape index (κ2) is 5.90. The van der Waals surface area contributed by atoms with E-state index in [1.807, 2.05) is 0 Å². The number of para-hydroxylation sites is 1. The molecule has 0 amide bonds. The van der Waals surface area contributed by atoms with E-state index >= 15 is 0 Å². The summed E-state index contributed by atoms with van der Waals surface area (Å²) in [4.78, 5) is 7.22. The molecule has 0 aliphatic carbocycles. The molecular formula is C17H23N3. The number of benzene rings is 1. The summed E-state index contributed by atoms with van der Waals surface area (Å²) in [5.41, 5.74) is 3.63. The molecule has 1 N–H and O–H groups in total. The van der Waals surface area contributed by atoms with Gasteiger partial charge >= 0.3 is 0 Å². The van der Waals surface area contributed by atoms with Crippen molar-refractivity contribution in [3.05, 3.63) is 41.6 Å². The smallest absolute Gasteiger partial charge is 0.0708 e. The minimum atomic E-state index is 0.673. The van der Waals surface area contributed by atoms with Gasteiger partial charge in [-0.25, -0.2) is 0 Å². The number of hydrogen-bond donors (Lipinski definition) is 1. The summed E-state index contributed by atoms with van der Waals surface area (Å²) >= 11 is 0. The number of aryl methyl sites for hydroxylation is 1. The van der Waals surface area contributed by atoms with Crippen molar-refractivity contribution in [1.82, 2.24) is 15.2 Å². The number of likely N-dealkylation sites (N-methyl/N-ethyl adjacent to an activating group) is 1. The number of pyridine rings is 1. The summed E-state index contributed by atoms with van der Waals surface area (Å²) in [6, 6.07) is 11.4. The summed E-state index contributed by atoms with van der Waals surface area (Å²) in [6.07, 6.45) is 1.26. The highest BCUT2D eigenvalue weighted by atomic mass is 15.2. The van der Waals surface area contributed by atoms with Crippen LogP contribution in [0, 0.1) is 6.92 Å². The fraction of sp³-hybridized carbons (Fsp3) is 0.471. The van der Waals surface area contributed by atoms with Crippen LogP contribution >= 0.6 is 0 Å². The molecule has 1 unspecified atom stereocenters. The molecule has 1 atom stereocenters. The maximum atomic E-state index is 4.64. The SMILES string of the molecule is CCN(Cc1cc(C)nc2ccccc12)C1CCNC1. The van der Waals surface area contributed by atoms with Crippen molar-refractivity contribution in [3.8, 4) is 0 Å². The third-order valence-corrected chi connectivity index (χ3v) is 4.26. The highest BCUT2D eigenvalue weighted by Crippen LogP contribution is 2.21. The number of fused-ring (bicyclic) bond motifs is 1. The largest absolute Gasteiger partial charge is 0.315 e. The topological polar surface area (TPSA) is 28.2 Å². The monoisotopic (exact) mass is 269 g/mol. The van der Waals surface area contributed by atoms with Gasteiger partial charge in [0, 0.05) is 30.2 Å². The Balaban J connectivity index is 1.92. The van der Waals surface area contributed by atoms with E-state index in [-0.39, 0.29) is 0 Å². The molecule has 106 valence electrons. The van der Waals surface area contributed by atoms with E-state index in [1.54, 1.807) is 0 Å². The fourth-order valence-electron chi connectivity index (χ4n) is 3.19. The van der Waals surface area contributed by atoms with Gasteiger partial charge in [0.05, 0.1) is 5.52 Å². The van der Waals surface area contributed by atoms with Crippen molar-refractivity contribution in [3.63, 3.8) is 0 Å². The predicted octanol–water partition coefficient (Wildman–Crippen LogP) is 2.73. The zero-order valence-corrected chi connectivity index (χ0v) is 12.4. The third-order valence-electron chi connectivity index (χ3n) is 4.26. The Morgan fingerprint density at radius 1 is 1.35 bits per heavy atom. The quantitative estimate of drug-likeness (QED) is 0.925. The average molecular weight is 269 g/mol. The summed E-state index contributed by atoms with van der Waals surface area (Å²) in [5, 5.41) is 4.76. The number of nitrogens with zero attached hydrogens (tertiary/aromatic N) is 2. The molecule has 1 aliphatic rings. The first-order valence-electron chi connectivity index (χ1n) is 7.58. The lowest BCUT2D eigenvalue weighted by Crippen LogP contribution is -2.36. The molecule has 2 heterocycles. The number of hydrogen-bond acceptors (Lipinski definition) is 3. The average Bonchev–Trinajstić information content (AvgIpc) is 2.98. The minimum Gasteiger partial charge on any atom is -0.315 e. The maximum Gasteiger partial charge on any atom is 0.0708 e. The van der Waals surface area contributed by atoms with Crippen LogP contribution in [0.25, 0.3) is 10.9 Å². The molecule has 0 saturated carbocycles. The van der Waals surface area contributed by atoms with E-state index in [0.29, 0.717) is 6.04 Å². The van der Waals surface area contributed by atoms with Crippen LogP contribution in [0.4, 0.5) is 0 Å². The standard InChI is InChI=1S/C17H23N3/c1-3-20(15-8-9-18-11-15)12-14-10-13(2)19-17-7-5-4-6-16(14)17/h4-7,10,15,18H,3,8-9,11-12H2,1-2H3. The molecule has 1 aliphatic heterocycles. The van der Waals surface area contributed by atoms with E-state index in [4.69, 9.17) is 0 Å². The van der Waals surface area contributed by atoms with Gasteiger partial charge in [0.15, 0.2) is 0 Å². The molecule has 1 saturated heterocycles. The van der Waals surface area contributed by atoms with Crippen LogP contribution < -0.4 is 5.32 Å². The Morgan fingerprint density at radius 2 is 2.20 bits per heavy atom. The molecule has 1 aromatic carbocycles. The van der Waals surface area contributed by atoms with Gasteiger partial charge in [-0.2, -0.15) is 0 Å². The Hall–Kier alpha value is -1.45. The summed E-state index contributed by atoms with van der Waals surface area (Å²) < 4.78 is 0. The van der Waals surface area contributed by atoms with Crippen molar-refractivity contribution < 1.29 is 0 Å². The molecule has 0 bridgehead atoms. The molecule has 1 aromatic heterocycles. The molecule has 0 radical (unpaired) electrons. The van der Waals surface area contributed by atoms with Crippen LogP contribution in [0.3, 0.4) is 0 Å². The van der Waals surface area contributed by atoms with Gasteiger partial charge in [0.25, 0.3) is 0 Å². The predicted molar refractivity (Wildman–Crippen MR) is 83.8 cm³/mol. The summed E-state index contributed by atoms with van der Waals surface area (Å²) in [5.74, 6) is 0. The second-order valence-corrected chi connectivity index (χ2v) is 5.65. The van der Waals surface area contributed by atoms with Gasteiger partial charge in [0.2, 0.25) is 0 Å². The van der Waals surface area contributed by atoms with Crippen molar-refractivity contribution in [2.45, 2.75) is 32.9 Å². The number of nitrogens with one attached hydrogen (secondary N) is 1. The first-order chi connectivity index (χ1) is 9.78. The molecule has 2 aromatic rings. The molecule has 3 heteroatoms. The van der Waals surface area contributed by atoms with Gasteiger partial charge < -0.3 is 5.32 Å². The minimum absolute atomic E-state index is 0.673. The Bertz CT molecular complexity index is 588. The molecule has 20 heavy (non-hydrogen) atoms. The lowest BCUT2D eigenvalue weighted by Gasteiger charge is -2.27. The number of aromatic nitrogens is 1. The second-order valence-electron chi connectivity index (χ2n) is 5.65. The van der Waals surface area contributed by atoms with Gasteiger partial charge in [-0.1, -0.05) is 25.1 Å². The molecule has 3 rings (SSSR count). The van der Waals surface area contributed by atoms with Gasteiger partial charge in [0.1, 0.15) is 0 Å².